The highest BCUT2D eigenvalue weighted by atomic mass is 16.2. The van der Waals surface area contributed by atoms with E-state index in [-0.39, 0.29) is 84.4 Å². The van der Waals surface area contributed by atoms with Crippen LogP contribution >= 0.6 is 0 Å². The smallest absolute Gasteiger partial charge is 0.253 e. The van der Waals surface area contributed by atoms with E-state index >= 15 is 0 Å². The van der Waals surface area contributed by atoms with Crippen molar-refractivity contribution in [3.63, 3.8) is 0 Å². The molecule has 10 heteroatoms. The first-order valence-electron chi connectivity index (χ1n) is 20.5. The van der Waals surface area contributed by atoms with Gasteiger partial charge in [-0.1, -0.05) is 97.9 Å². The Morgan fingerprint density at radius 3 is 1.12 bits per heavy atom. The third-order valence-electron chi connectivity index (χ3n) is 12.9. The Balaban J connectivity index is 0.827. The molecule has 3 N–H and O–H groups in total. The first-order chi connectivity index (χ1) is 27.7. The Morgan fingerprint density at radius 2 is 0.754 bits per heavy atom. The average Bonchev–Trinajstić information content (AvgIpc) is 4.21. The summed E-state index contributed by atoms with van der Waals surface area (Å²) >= 11 is 0. The topological polar surface area (TPSA) is 128 Å². The number of carbonyl (C=O) groups is 5. The maximum Gasteiger partial charge on any atom is 0.253 e. The second-order valence-electron chi connectivity index (χ2n) is 16.9. The van der Waals surface area contributed by atoms with Gasteiger partial charge in [0.25, 0.3) is 11.8 Å². The lowest BCUT2D eigenvalue weighted by Crippen LogP contribution is -2.43. The molecule has 292 valence electrons. The Hall–Kier alpha value is -5.77. The molecule has 10 atom stereocenters. The van der Waals surface area contributed by atoms with Crippen LogP contribution < -0.4 is 16.0 Å². The van der Waals surface area contributed by atoms with Crippen molar-refractivity contribution in [2.24, 2.45) is 23.7 Å². The van der Waals surface area contributed by atoms with E-state index < -0.39 is 11.8 Å². The highest BCUT2D eigenvalue weighted by Gasteiger charge is 2.49. The second-order valence-corrected chi connectivity index (χ2v) is 16.9. The van der Waals surface area contributed by atoms with Crippen molar-refractivity contribution in [1.29, 1.82) is 0 Å². The molecule has 2 unspecified atom stereocenters. The zero-order chi connectivity index (χ0) is 39.2. The Kier molecular flexibility index (Phi) is 9.88. The number of nitrogens with zero attached hydrogens (tertiary/aromatic N) is 2. The molecule has 2 aliphatic heterocycles. The molecule has 0 aromatic heterocycles. The molecular weight excluding hydrogens is 715 g/mol. The van der Waals surface area contributed by atoms with Gasteiger partial charge in [-0.2, -0.15) is 0 Å². The molecule has 10 nitrogen and oxygen atoms in total. The van der Waals surface area contributed by atoms with Gasteiger partial charge in [-0.3, -0.25) is 24.0 Å². The van der Waals surface area contributed by atoms with E-state index in [4.69, 9.17) is 0 Å². The summed E-state index contributed by atoms with van der Waals surface area (Å²) in [5.41, 5.74) is 4.42. The standard InChI is InChI=1S/C47H49N5O5/c1-28-24-51(25-37(28)43(53)48-40-21-34(40)29-11-5-2-6-12-29)46(56)32-17-19-33(20-18-32)47(57)52-26-38(44(54)49-41-22-35(41)30-13-7-3-8-14-30)39(27-52)45(55)50-42-23-36(42)31-15-9-4-10-16-31/h2-20,28,34-42H,21-27H2,1H3,(H,48,53)(H,49,54)(H,50,55)/t28?,34-,35-,36-,37?,38-,39-,40+,41+,42+/m1/s1. The van der Waals surface area contributed by atoms with Crippen molar-refractivity contribution in [3.05, 3.63) is 143 Å². The lowest BCUT2D eigenvalue weighted by molar-refractivity contribution is -0.133. The quantitative estimate of drug-likeness (QED) is 0.196. The monoisotopic (exact) mass is 763 g/mol. The van der Waals surface area contributed by atoms with Crippen molar-refractivity contribution < 1.29 is 24.0 Å². The molecule has 3 saturated carbocycles. The molecule has 0 radical (unpaired) electrons. The fraction of sp³-hybridized carbons (Fsp3) is 0.383. The predicted octanol–water partition coefficient (Wildman–Crippen LogP) is 5.10. The van der Waals surface area contributed by atoms with E-state index in [2.05, 4.69) is 52.3 Å². The highest BCUT2D eigenvalue weighted by molar-refractivity contribution is 5.99. The van der Waals surface area contributed by atoms with Crippen molar-refractivity contribution in [2.75, 3.05) is 26.2 Å². The average molecular weight is 764 g/mol. The molecule has 4 aromatic carbocycles. The number of rotatable bonds is 11. The first-order valence-corrected chi connectivity index (χ1v) is 20.5. The SMILES string of the molecule is CC1CN(C(=O)c2ccc(C(=O)N3C[C@@H](C(=O)N[C@H]4C[C@@H]4c4ccccc4)[C@H](C(=O)N[C@H]4C[C@@H]4c4ccccc4)C3)cc2)CC1C(=O)N[C@H]1C[C@@H]1c1ccccc1. The van der Waals surface area contributed by atoms with E-state index in [1.165, 1.54) is 16.7 Å². The van der Waals surface area contributed by atoms with Crippen LogP contribution in [0, 0.1) is 23.7 Å². The van der Waals surface area contributed by atoms with Gasteiger partial charge in [-0.25, -0.2) is 0 Å². The number of hydrogen-bond acceptors (Lipinski definition) is 5. The van der Waals surface area contributed by atoms with Gasteiger partial charge in [0, 0.05) is 73.2 Å². The van der Waals surface area contributed by atoms with Gasteiger partial charge in [0.15, 0.2) is 0 Å². The largest absolute Gasteiger partial charge is 0.352 e. The normalized spacial score (nSPS) is 29.6. The van der Waals surface area contributed by atoms with Crippen molar-refractivity contribution in [1.82, 2.24) is 25.8 Å². The fourth-order valence-corrected chi connectivity index (χ4v) is 9.23. The van der Waals surface area contributed by atoms with E-state index in [0.717, 1.165) is 19.3 Å². The fourth-order valence-electron chi connectivity index (χ4n) is 9.23. The van der Waals surface area contributed by atoms with Gasteiger partial charge >= 0.3 is 0 Å². The molecule has 3 aliphatic carbocycles. The molecule has 57 heavy (non-hydrogen) atoms. The van der Waals surface area contributed by atoms with Crippen LogP contribution in [0.5, 0.6) is 0 Å². The van der Waals surface area contributed by atoms with Gasteiger partial charge in [0.1, 0.15) is 0 Å². The van der Waals surface area contributed by atoms with Crippen molar-refractivity contribution in [2.45, 2.75) is 62.1 Å². The van der Waals surface area contributed by atoms with Gasteiger partial charge in [0.05, 0.1) is 17.8 Å². The van der Waals surface area contributed by atoms with E-state index in [1.807, 2.05) is 61.5 Å². The van der Waals surface area contributed by atoms with E-state index in [1.54, 1.807) is 34.1 Å². The van der Waals surface area contributed by atoms with E-state index in [9.17, 15) is 24.0 Å². The third-order valence-corrected chi connectivity index (χ3v) is 12.9. The summed E-state index contributed by atoms with van der Waals surface area (Å²) in [5.74, 6) is -1.71. The lowest BCUT2D eigenvalue weighted by Gasteiger charge is -2.18. The molecule has 0 bridgehead atoms. The van der Waals surface area contributed by atoms with Gasteiger partial charge in [0.2, 0.25) is 17.7 Å². The van der Waals surface area contributed by atoms with Crippen LogP contribution in [-0.2, 0) is 14.4 Å². The maximum atomic E-state index is 14.0. The minimum atomic E-state index is -0.688. The van der Waals surface area contributed by atoms with Crippen LogP contribution in [0.15, 0.2) is 115 Å². The highest BCUT2D eigenvalue weighted by Crippen LogP contribution is 2.43. The summed E-state index contributed by atoms with van der Waals surface area (Å²) in [4.78, 5) is 71.9. The van der Waals surface area contributed by atoms with Crippen LogP contribution in [0.3, 0.4) is 0 Å². The molecule has 5 fully saturated rings. The molecule has 4 aromatic rings. The predicted molar refractivity (Wildman–Crippen MR) is 215 cm³/mol. The van der Waals surface area contributed by atoms with Crippen molar-refractivity contribution >= 4 is 29.5 Å². The molecule has 5 amide bonds. The Morgan fingerprint density at radius 1 is 0.439 bits per heavy atom. The summed E-state index contributed by atoms with van der Waals surface area (Å²) in [6, 6.07) is 37.1. The Labute approximate surface area is 333 Å². The van der Waals surface area contributed by atoms with Crippen LogP contribution in [0.1, 0.15) is 81.3 Å². The molecule has 0 spiro atoms. The summed E-state index contributed by atoms with van der Waals surface area (Å²) in [5, 5.41) is 9.59. The van der Waals surface area contributed by atoms with Crippen molar-refractivity contribution in [3.8, 4) is 0 Å². The van der Waals surface area contributed by atoms with Crippen LogP contribution in [0.4, 0.5) is 0 Å². The van der Waals surface area contributed by atoms with E-state index in [0.29, 0.717) is 30.1 Å². The number of amides is 5. The number of benzene rings is 4. The minimum absolute atomic E-state index is 0.00205. The van der Waals surface area contributed by atoms with Gasteiger partial charge < -0.3 is 25.8 Å². The van der Waals surface area contributed by atoms with Crippen LogP contribution in [-0.4, -0.2) is 83.6 Å². The van der Waals surface area contributed by atoms with Crippen LogP contribution in [0.2, 0.25) is 0 Å². The summed E-state index contributed by atoms with van der Waals surface area (Å²) < 4.78 is 0. The summed E-state index contributed by atoms with van der Waals surface area (Å²) in [7, 11) is 0. The second kappa shape index (κ2) is 15.3. The summed E-state index contributed by atoms with van der Waals surface area (Å²) in [6.07, 6.45) is 2.61. The number of hydrogen-bond donors (Lipinski definition) is 3. The number of nitrogens with one attached hydrogen (secondary N) is 3. The zero-order valence-corrected chi connectivity index (χ0v) is 32.1. The number of likely N-dealkylation sites (tertiary alicyclic amines) is 2. The number of carbonyl (C=O) groups excluding carboxylic acids is 5. The van der Waals surface area contributed by atoms with Gasteiger partial charge in [-0.15, -0.1) is 0 Å². The van der Waals surface area contributed by atoms with Crippen LogP contribution in [0.25, 0.3) is 0 Å². The minimum Gasteiger partial charge on any atom is -0.352 e. The Bertz CT molecular complexity index is 2070. The first kappa shape index (κ1) is 36.8. The maximum absolute atomic E-state index is 14.0. The zero-order valence-electron chi connectivity index (χ0n) is 32.1. The molecule has 9 rings (SSSR count). The molecule has 2 saturated heterocycles. The molecule has 2 heterocycles. The molecule has 5 aliphatic rings. The third kappa shape index (κ3) is 7.82. The lowest BCUT2D eigenvalue weighted by atomic mass is 9.94. The van der Waals surface area contributed by atoms with Gasteiger partial charge in [-0.05, 0) is 66.1 Å². The summed E-state index contributed by atoms with van der Waals surface area (Å²) in [6.45, 7) is 3.08. The molecular formula is C47H49N5O5.